The first-order valence-electron chi connectivity index (χ1n) is 7.02. The average Bonchev–Trinajstić information content (AvgIpc) is 2.66. The van der Waals surface area contributed by atoms with Gasteiger partial charge in [-0.1, -0.05) is 45.1 Å². The topological polar surface area (TPSA) is 34.4 Å². The Bertz CT molecular complexity index is 701. The molecule has 2 rings (SSSR count). The lowest BCUT2D eigenvalue weighted by atomic mass is 9.96. The van der Waals surface area contributed by atoms with Gasteiger partial charge in [0.2, 0.25) is 0 Å². The molecule has 1 aromatic heterocycles. The van der Waals surface area contributed by atoms with Crippen molar-refractivity contribution in [2.24, 2.45) is 10.4 Å². The summed E-state index contributed by atoms with van der Waals surface area (Å²) >= 11 is 1.60. The minimum atomic E-state index is -0.434. The number of hydrogen-bond acceptors (Lipinski definition) is 2. The first kappa shape index (κ1) is 15.0. The quantitative estimate of drug-likeness (QED) is 0.826. The van der Waals surface area contributed by atoms with Crippen LogP contribution in [0.1, 0.15) is 39.7 Å². The molecule has 0 aliphatic rings. The number of carbonyl (C=O) groups is 1. The highest BCUT2D eigenvalue weighted by molar-refractivity contribution is 7.16. The van der Waals surface area contributed by atoms with E-state index in [9.17, 15) is 4.79 Å². The Hall–Kier alpha value is -1.42. The third kappa shape index (κ3) is 3.01. The van der Waals surface area contributed by atoms with Crippen molar-refractivity contribution in [1.82, 2.24) is 4.57 Å². The van der Waals surface area contributed by atoms with Crippen LogP contribution in [-0.2, 0) is 11.3 Å². The molecule has 1 amide bonds. The smallest absolute Gasteiger partial charge is 0.253 e. The number of thiazole rings is 1. The van der Waals surface area contributed by atoms with E-state index < -0.39 is 5.41 Å². The van der Waals surface area contributed by atoms with Crippen molar-refractivity contribution >= 4 is 27.5 Å². The molecule has 0 bridgehead atoms. The van der Waals surface area contributed by atoms with Crippen molar-refractivity contribution in [1.29, 1.82) is 0 Å². The zero-order valence-electron chi connectivity index (χ0n) is 12.9. The summed E-state index contributed by atoms with van der Waals surface area (Å²) in [5.41, 5.74) is 1.97. The predicted molar refractivity (Wildman–Crippen MR) is 84.9 cm³/mol. The molecule has 2 aromatic rings. The van der Waals surface area contributed by atoms with Crippen LogP contribution < -0.4 is 4.80 Å². The molecule has 0 aliphatic carbocycles. The highest BCUT2D eigenvalue weighted by Crippen LogP contribution is 2.20. The SMILES string of the molecule is CCCn1c(=NC(=O)C(C)(C)C)sc2cc(C)ccc21. The molecular weight excluding hydrogens is 268 g/mol. The molecule has 0 radical (unpaired) electrons. The lowest BCUT2D eigenvalue weighted by Gasteiger charge is -2.11. The van der Waals surface area contributed by atoms with Gasteiger partial charge in [0, 0.05) is 12.0 Å². The number of hydrogen-bond donors (Lipinski definition) is 0. The molecule has 4 heteroatoms. The van der Waals surface area contributed by atoms with Crippen molar-refractivity contribution in [3.63, 3.8) is 0 Å². The van der Waals surface area contributed by atoms with E-state index in [1.807, 2.05) is 20.8 Å². The van der Waals surface area contributed by atoms with E-state index >= 15 is 0 Å². The number of aryl methyl sites for hydroxylation is 2. The number of nitrogens with zero attached hydrogens (tertiary/aromatic N) is 2. The zero-order chi connectivity index (χ0) is 14.9. The van der Waals surface area contributed by atoms with E-state index in [0.717, 1.165) is 17.8 Å². The summed E-state index contributed by atoms with van der Waals surface area (Å²) in [6.07, 6.45) is 1.02. The average molecular weight is 290 g/mol. The summed E-state index contributed by atoms with van der Waals surface area (Å²) in [5.74, 6) is -0.0642. The second-order valence-electron chi connectivity index (χ2n) is 6.17. The highest BCUT2D eigenvalue weighted by atomic mass is 32.1. The van der Waals surface area contributed by atoms with Crippen LogP contribution in [0.15, 0.2) is 23.2 Å². The summed E-state index contributed by atoms with van der Waals surface area (Å²) in [6, 6.07) is 6.39. The van der Waals surface area contributed by atoms with Gasteiger partial charge in [-0.3, -0.25) is 4.79 Å². The predicted octanol–water partition coefficient (Wildman–Crippen LogP) is 3.89. The van der Waals surface area contributed by atoms with Crippen molar-refractivity contribution in [2.75, 3.05) is 0 Å². The van der Waals surface area contributed by atoms with Gasteiger partial charge in [-0.15, -0.1) is 0 Å². The molecule has 0 aliphatic heterocycles. The van der Waals surface area contributed by atoms with Crippen LogP contribution in [0.4, 0.5) is 0 Å². The van der Waals surface area contributed by atoms with E-state index in [1.54, 1.807) is 11.3 Å². The molecule has 0 atom stereocenters. The van der Waals surface area contributed by atoms with Crippen molar-refractivity contribution < 1.29 is 4.79 Å². The van der Waals surface area contributed by atoms with Crippen LogP contribution in [0.3, 0.4) is 0 Å². The second-order valence-corrected chi connectivity index (χ2v) is 7.18. The highest BCUT2D eigenvalue weighted by Gasteiger charge is 2.21. The van der Waals surface area contributed by atoms with Gasteiger partial charge in [-0.2, -0.15) is 4.99 Å². The number of aromatic nitrogens is 1. The first-order chi connectivity index (χ1) is 9.32. The Kier molecular flexibility index (Phi) is 4.14. The molecule has 1 aromatic carbocycles. The van der Waals surface area contributed by atoms with Gasteiger partial charge in [-0.05, 0) is 31.0 Å². The molecule has 1 heterocycles. The fourth-order valence-electron chi connectivity index (χ4n) is 1.96. The standard InChI is InChI=1S/C16H22N2OS/c1-6-9-18-12-8-7-11(2)10-13(12)20-15(18)17-14(19)16(3,4)5/h7-8,10H,6,9H2,1-5H3. The van der Waals surface area contributed by atoms with Gasteiger partial charge in [0.1, 0.15) is 0 Å². The molecule has 20 heavy (non-hydrogen) atoms. The Morgan fingerprint density at radius 3 is 2.65 bits per heavy atom. The summed E-state index contributed by atoms with van der Waals surface area (Å²) < 4.78 is 3.35. The van der Waals surface area contributed by atoms with Gasteiger partial charge < -0.3 is 4.57 Å². The summed E-state index contributed by atoms with van der Waals surface area (Å²) in [6.45, 7) is 10.8. The van der Waals surface area contributed by atoms with E-state index in [2.05, 4.69) is 41.6 Å². The maximum atomic E-state index is 12.2. The van der Waals surface area contributed by atoms with E-state index in [-0.39, 0.29) is 5.91 Å². The molecule has 3 nitrogen and oxygen atoms in total. The number of amides is 1. The van der Waals surface area contributed by atoms with Crippen LogP contribution in [0.2, 0.25) is 0 Å². The first-order valence-corrected chi connectivity index (χ1v) is 7.83. The van der Waals surface area contributed by atoms with Gasteiger partial charge in [0.05, 0.1) is 10.2 Å². The molecule has 0 saturated carbocycles. The number of rotatable bonds is 2. The van der Waals surface area contributed by atoms with Crippen LogP contribution in [0, 0.1) is 12.3 Å². The lowest BCUT2D eigenvalue weighted by Crippen LogP contribution is -2.23. The number of benzene rings is 1. The van der Waals surface area contributed by atoms with E-state index in [0.29, 0.717) is 0 Å². The van der Waals surface area contributed by atoms with Crippen molar-refractivity contribution in [3.05, 3.63) is 28.6 Å². The molecule has 0 fully saturated rings. The summed E-state index contributed by atoms with van der Waals surface area (Å²) in [5, 5.41) is 0. The fourth-order valence-corrected chi connectivity index (χ4v) is 3.11. The van der Waals surface area contributed by atoms with Gasteiger partial charge in [0.25, 0.3) is 5.91 Å². The van der Waals surface area contributed by atoms with E-state index in [4.69, 9.17) is 0 Å². The maximum absolute atomic E-state index is 12.2. The molecule has 0 saturated heterocycles. The Morgan fingerprint density at radius 2 is 2.05 bits per heavy atom. The number of fused-ring (bicyclic) bond motifs is 1. The van der Waals surface area contributed by atoms with Crippen molar-refractivity contribution in [2.45, 2.75) is 47.6 Å². The lowest BCUT2D eigenvalue weighted by molar-refractivity contribution is -0.125. The van der Waals surface area contributed by atoms with Gasteiger partial charge in [0.15, 0.2) is 4.80 Å². The normalized spacial score (nSPS) is 13.2. The fraction of sp³-hybridized carbons (Fsp3) is 0.500. The summed E-state index contributed by atoms with van der Waals surface area (Å²) in [7, 11) is 0. The van der Waals surface area contributed by atoms with Crippen LogP contribution in [-0.4, -0.2) is 10.5 Å². The van der Waals surface area contributed by atoms with Gasteiger partial charge >= 0.3 is 0 Å². The van der Waals surface area contributed by atoms with Crippen LogP contribution in [0.5, 0.6) is 0 Å². The Morgan fingerprint density at radius 1 is 1.35 bits per heavy atom. The van der Waals surface area contributed by atoms with Crippen molar-refractivity contribution in [3.8, 4) is 0 Å². The maximum Gasteiger partial charge on any atom is 0.253 e. The van der Waals surface area contributed by atoms with Crippen LogP contribution in [0.25, 0.3) is 10.2 Å². The van der Waals surface area contributed by atoms with Crippen LogP contribution >= 0.6 is 11.3 Å². The van der Waals surface area contributed by atoms with E-state index in [1.165, 1.54) is 15.8 Å². The molecule has 108 valence electrons. The molecular formula is C16H22N2OS. The minimum Gasteiger partial charge on any atom is -0.316 e. The Labute approximate surface area is 124 Å². The Balaban J connectivity index is 2.66. The molecule has 0 unspecified atom stereocenters. The number of carbonyl (C=O) groups excluding carboxylic acids is 1. The van der Waals surface area contributed by atoms with Gasteiger partial charge in [-0.25, -0.2) is 0 Å². The minimum absolute atomic E-state index is 0.0642. The summed E-state index contributed by atoms with van der Waals surface area (Å²) in [4.78, 5) is 17.3. The third-order valence-electron chi connectivity index (χ3n) is 3.12. The molecule has 0 N–H and O–H groups in total. The molecule has 0 spiro atoms. The largest absolute Gasteiger partial charge is 0.316 e. The second kappa shape index (κ2) is 5.52. The monoisotopic (exact) mass is 290 g/mol. The zero-order valence-corrected chi connectivity index (χ0v) is 13.7. The third-order valence-corrected chi connectivity index (χ3v) is 4.17.